The highest BCUT2D eigenvalue weighted by molar-refractivity contribution is 7.15. The van der Waals surface area contributed by atoms with Crippen LogP contribution in [0.1, 0.15) is 15.4 Å². The number of thiophene rings is 1. The Morgan fingerprint density at radius 2 is 2.00 bits per heavy atom. The molecule has 7 nitrogen and oxygen atoms in total. The molecule has 4 aromatic rings. The zero-order chi connectivity index (χ0) is 20.9. The van der Waals surface area contributed by atoms with Gasteiger partial charge in [0.15, 0.2) is 10.8 Å². The van der Waals surface area contributed by atoms with Crippen LogP contribution in [-0.4, -0.2) is 41.2 Å². The van der Waals surface area contributed by atoms with Crippen molar-refractivity contribution in [1.29, 1.82) is 0 Å². The van der Waals surface area contributed by atoms with Crippen LogP contribution in [0, 0.1) is 6.92 Å². The molecule has 0 atom stereocenters. The summed E-state index contributed by atoms with van der Waals surface area (Å²) in [5, 5.41) is 5.16. The van der Waals surface area contributed by atoms with Gasteiger partial charge in [0.2, 0.25) is 0 Å². The first-order valence-corrected chi connectivity index (χ1v) is 10.9. The molecule has 154 valence electrons. The first kappa shape index (κ1) is 20.3. The molecule has 0 aliphatic heterocycles. The number of aryl methyl sites for hydroxylation is 1. The molecule has 9 heteroatoms. The summed E-state index contributed by atoms with van der Waals surface area (Å²) in [5.41, 5.74) is 1.89. The normalized spacial score (nSPS) is 10.9. The van der Waals surface area contributed by atoms with E-state index in [2.05, 4.69) is 20.3 Å². The number of anilines is 1. The number of nitrogens with zero attached hydrogens (tertiary/aromatic N) is 2. The summed E-state index contributed by atoms with van der Waals surface area (Å²) in [6.45, 7) is 3.05. The molecule has 0 radical (unpaired) electrons. The Morgan fingerprint density at radius 1 is 1.17 bits per heavy atom. The fourth-order valence-corrected chi connectivity index (χ4v) is 4.21. The Balaban J connectivity index is 1.64. The number of hydrogen-bond donors (Lipinski definition) is 2. The second-order valence-electron chi connectivity index (χ2n) is 6.38. The number of carbonyl (C=O) groups is 1. The van der Waals surface area contributed by atoms with Gasteiger partial charge >= 0.3 is 0 Å². The summed E-state index contributed by atoms with van der Waals surface area (Å²) < 4.78 is 10.6. The molecule has 0 saturated carbocycles. The van der Waals surface area contributed by atoms with Crippen molar-refractivity contribution in [2.75, 3.05) is 25.6 Å². The molecule has 3 aromatic heterocycles. The summed E-state index contributed by atoms with van der Waals surface area (Å²) in [7, 11) is 1.64. The summed E-state index contributed by atoms with van der Waals surface area (Å²) in [6.07, 6.45) is 1.65. The van der Waals surface area contributed by atoms with Gasteiger partial charge in [0.05, 0.1) is 17.2 Å². The average Bonchev–Trinajstić information content (AvgIpc) is 3.49. The molecule has 3 heterocycles. The van der Waals surface area contributed by atoms with Gasteiger partial charge in [-0.2, -0.15) is 0 Å². The Kier molecular flexibility index (Phi) is 6.22. The second-order valence-corrected chi connectivity index (χ2v) is 8.56. The SMILES string of the molecule is COCCOc1ccc(-c2nc(C(=O)Nc3nccs3)c(-c3ccc(C)s3)[nH]2)cc1. The lowest BCUT2D eigenvalue weighted by molar-refractivity contribution is 0.102. The van der Waals surface area contributed by atoms with Gasteiger partial charge in [-0.15, -0.1) is 22.7 Å². The van der Waals surface area contributed by atoms with E-state index in [4.69, 9.17) is 9.47 Å². The summed E-state index contributed by atoms with van der Waals surface area (Å²) in [4.78, 5) is 27.1. The fourth-order valence-electron chi connectivity index (χ4n) is 2.81. The van der Waals surface area contributed by atoms with Crippen LogP contribution in [-0.2, 0) is 4.74 Å². The number of thiazole rings is 1. The maximum Gasteiger partial charge on any atom is 0.278 e. The number of hydrogen-bond acceptors (Lipinski definition) is 7. The molecule has 0 bridgehead atoms. The van der Waals surface area contributed by atoms with Crippen molar-refractivity contribution in [3.8, 4) is 27.7 Å². The van der Waals surface area contributed by atoms with Crippen LogP contribution in [0.25, 0.3) is 22.0 Å². The zero-order valence-electron chi connectivity index (χ0n) is 16.5. The van der Waals surface area contributed by atoms with Gasteiger partial charge in [0, 0.05) is 29.1 Å². The Bertz CT molecular complexity index is 1120. The van der Waals surface area contributed by atoms with Gasteiger partial charge in [-0.3, -0.25) is 10.1 Å². The van der Waals surface area contributed by atoms with Crippen LogP contribution in [0.4, 0.5) is 5.13 Å². The van der Waals surface area contributed by atoms with Crippen LogP contribution < -0.4 is 10.1 Å². The molecule has 0 spiro atoms. The van der Waals surface area contributed by atoms with Gasteiger partial charge in [-0.1, -0.05) is 0 Å². The second kappa shape index (κ2) is 9.21. The molecular weight excluding hydrogens is 420 g/mol. The van der Waals surface area contributed by atoms with Crippen molar-refractivity contribution in [2.45, 2.75) is 6.92 Å². The number of amides is 1. The maximum absolute atomic E-state index is 12.9. The average molecular weight is 441 g/mol. The molecule has 0 saturated heterocycles. The first-order valence-electron chi connectivity index (χ1n) is 9.24. The minimum atomic E-state index is -0.298. The topological polar surface area (TPSA) is 89.1 Å². The molecule has 4 rings (SSSR count). The van der Waals surface area contributed by atoms with Crippen molar-refractivity contribution in [3.63, 3.8) is 0 Å². The number of carbonyl (C=O) groups excluding carboxylic acids is 1. The number of imidazole rings is 1. The Hall–Kier alpha value is -3.01. The van der Waals surface area contributed by atoms with Crippen LogP contribution in [0.3, 0.4) is 0 Å². The summed E-state index contributed by atoms with van der Waals surface area (Å²) >= 11 is 2.97. The predicted octanol–water partition coefficient (Wildman–Crippen LogP) is 4.85. The summed E-state index contributed by atoms with van der Waals surface area (Å²) in [5.74, 6) is 1.06. The monoisotopic (exact) mass is 440 g/mol. The highest BCUT2D eigenvalue weighted by atomic mass is 32.1. The van der Waals surface area contributed by atoms with Crippen LogP contribution in [0.2, 0.25) is 0 Å². The Labute approximate surface area is 181 Å². The molecular formula is C21H20N4O3S2. The first-order chi connectivity index (χ1) is 14.6. The fraction of sp³-hybridized carbons (Fsp3) is 0.190. The predicted molar refractivity (Wildman–Crippen MR) is 120 cm³/mol. The van der Waals surface area contributed by atoms with E-state index < -0.39 is 0 Å². The maximum atomic E-state index is 12.9. The van der Waals surface area contributed by atoms with E-state index >= 15 is 0 Å². The highest BCUT2D eigenvalue weighted by Crippen LogP contribution is 2.32. The quantitative estimate of drug-likeness (QED) is 0.383. The van der Waals surface area contributed by atoms with Gasteiger partial charge in [0.25, 0.3) is 5.91 Å². The van der Waals surface area contributed by atoms with Crippen molar-refractivity contribution in [2.24, 2.45) is 0 Å². The zero-order valence-corrected chi connectivity index (χ0v) is 18.1. The van der Waals surface area contributed by atoms with Gasteiger partial charge < -0.3 is 14.5 Å². The molecule has 30 heavy (non-hydrogen) atoms. The lowest BCUT2D eigenvalue weighted by Crippen LogP contribution is -2.13. The number of rotatable bonds is 8. The number of aromatic amines is 1. The number of nitrogens with one attached hydrogen (secondary N) is 2. The molecule has 0 aliphatic rings. The number of H-pyrrole nitrogens is 1. The summed E-state index contributed by atoms with van der Waals surface area (Å²) in [6, 6.07) is 11.6. The minimum absolute atomic E-state index is 0.298. The van der Waals surface area contributed by atoms with Gasteiger partial charge in [-0.25, -0.2) is 9.97 Å². The molecule has 0 fully saturated rings. The Morgan fingerprint density at radius 3 is 2.67 bits per heavy atom. The third-order valence-electron chi connectivity index (χ3n) is 4.24. The van der Waals surface area contributed by atoms with E-state index in [1.54, 1.807) is 24.6 Å². The molecule has 0 aliphatic carbocycles. The standard InChI is InChI=1S/C21H20N4O3S2/c1-13-3-8-16(30-13)17-18(20(26)25-21-22-9-12-29-21)24-19(23-17)14-4-6-15(7-5-14)28-11-10-27-2/h3-9,12H,10-11H2,1-2H3,(H,23,24)(H,22,25,26). The lowest BCUT2D eigenvalue weighted by Gasteiger charge is -2.05. The number of ether oxygens (including phenoxy) is 2. The van der Waals surface area contributed by atoms with Crippen molar-refractivity contribution in [1.82, 2.24) is 15.0 Å². The number of aromatic nitrogens is 3. The van der Waals surface area contributed by atoms with E-state index in [0.29, 0.717) is 35.6 Å². The van der Waals surface area contributed by atoms with E-state index in [0.717, 1.165) is 21.1 Å². The number of methoxy groups -OCH3 is 1. The lowest BCUT2D eigenvalue weighted by atomic mass is 10.2. The molecule has 0 unspecified atom stereocenters. The smallest absolute Gasteiger partial charge is 0.278 e. The third-order valence-corrected chi connectivity index (χ3v) is 5.95. The largest absolute Gasteiger partial charge is 0.491 e. The van der Waals surface area contributed by atoms with Crippen LogP contribution in [0.5, 0.6) is 5.75 Å². The molecule has 1 aromatic carbocycles. The van der Waals surface area contributed by atoms with Crippen molar-refractivity contribution in [3.05, 3.63) is 58.5 Å². The highest BCUT2D eigenvalue weighted by Gasteiger charge is 2.21. The van der Waals surface area contributed by atoms with Crippen LogP contribution in [0.15, 0.2) is 48.0 Å². The van der Waals surface area contributed by atoms with Crippen molar-refractivity contribution >= 4 is 33.7 Å². The molecule has 1 amide bonds. The van der Waals surface area contributed by atoms with E-state index in [1.165, 1.54) is 11.3 Å². The van der Waals surface area contributed by atoms with E-state index in [-0.39, 0.29) is 5.91 Å². The van der Waals surface area contributed by atoms with E-state index in [9.17, 15) is 4.79 Å². The van der Waals surface area contributed by atoms with Crippen molar-refractivity contribution < 1.29 is 14.3 Å². The third kappa shape index (κ3) is 4.59. The number of benzene rings is 1. The van der Waals surface area contributed by atoms with Crippen LogP contribution >= 0.6 is 22.7 Å². The minimum Gasteiger partial charge on any atom is -0.491 e. The molecule has 2 N–H and O–H groups in total. The van der Waals surface area contributed by atoms with Gasteiger partial charge in [-0.05, 0) is 43.3 Å². The van der Waals surface area contributed by atoms with Gasteiger partial charge in [0.1, 0.15) is 18.2 Å². The van der Waals surface area contributed by atoms with E-state index in [1.807, 2.05) is 48.7 Å².